The van der Waals surface area contributed by atoms with Gasteiger partial charge in [-0.05, 0) is 42.3 Å². The third kappa shape index (κ3) is 3.72. The van der Waals surface area contributed by atoms with Crippen LogP contribution in [0.5, 0.6) is 0 Å². The van der Waals surface area contributed by atoms with Gasteiger partial charge in [-0.1, -0.05) is 54.6 Å². The SMILES string of the molecule is CC(c1ccccc1)n1c(C2CC(=O)N(Cc3ccc(F)cc3)C2)nc2ccccc21. The van der Waals surface area contributed by atoms with Crippen LogP contribution in [-0.4, -0.2) is 26.9 Å². The van der Waals surface area contributed by atoms with Gasteiger partial charge in [0, 0.05) is 25.4 Å². The molecule has 2 heterocycles. The molecule has 5 heteroatoms. The van der Waals surface area contributed by atoms with Crippen LogP contribution < -0.4 is 0 Å². The zero-order valence-corrected chi connectivity index (χ0v) is 17.4. The zero-order valence-electron chi connectivity index (χ0n) is 17.4. The van der Waals surface area contributed by atoms with Gasteiger partial charge >= 0.3 is 0 Å². The summed E-state index contributed by atoms with van der Waals surface area (Å²) in [5, 5.41) is 0. The van der Waals surface area contributed by atoms with E-state index < -0.39 is 0 Å². The number of likely N-dealkylation sites (tertiary alicyclic amines) is 1. The fourth-order valence-electron chi connectivity index (χ4n) is 4.55. The quantitative estimate of drug-likeness (QED) is 0.445. The molecule has 4 aromatic rings. The molecule has 1 amide bonds. The zero-order chi connectivity index (χ0) is 21.4. The summed E-state index contributed by atoms with van der Waals surface area (Å²) in [7, 11) is 0. The fraction of sp³-hybridized carbons (Fsp3) is 0.231. The predicted molar refractivity (Wildman–Crippen MR) is 119 cm³/mol. The first-order valence-corrected chi connectivity index (χ1v) is 10.6. The maximum Gasteiger partial charge on any atom is 0.223 e. The van der Waals surface area contributed by atoms with Crippen molar-refractivity contribution in [2.24, 2.45) is 0 Å². The minimum Gasteiger partial charge on any atom is -0.338 e. The second-order valence-electron chi connectivity index (χ2n) is 8.22. The Morgan fingerprint density at radius 3 is 2.48 bits per heavy atom. The summed E-state index contributed by atoms with van der Waals surface area (Å²) in [6.07, 6.45) is 0.437. The number of hydrogen-bond acceptors (Lipinski definition) is 2. The Morgan fingerprint density at radius 2 is 1.71 bits per heavy atom. The van der Waals surface area contributed by atoms with Gasteiger partial charge < -0.3 is 9.47 Å². The number of carbonyl (C=O) groups is 1. The summed E-state index contributed by atoms with van der Waals surface area (Å²) in [5.41, 5.74) is 4.17. The van der Waals surface area contributed by atoms with Crippen LogP contribution in [0, 0.1) is 5.82 Å². The Labute approximate surface area is 181 Å². The molecule has 1 fully saturated rings. The van der Waals surface area contributed by atoms with Crippen molar-refractivity contribution in [3.63, 3.8) is 0 Å². The van der Waals surface area contributed by atoms with Gasteiger partial charge in [0.15, 0.2) is 0 Å². The van der Waals surface area contributed by atoms with Gasteiger partial charge in [0.2, 0.25) is 5.91 Å². The number of rotatable bonds is 5. The topological polar surface area (TPSA) is 38.1 Å². The first kappa shape index (κ1) is 19.5. The maximum atomic E-state index is 13.2. The van der Waals surface area contributed by atoms with Crippen molar-refractivity contribution in [3.8, 4) is 0 Å². The van der Waals surface area contributed by atoms with Gasteiger partial charge in [0.1, 0.15) is 11.6 Å². The lowest BCUT2D eigenvalue weighted by Gasteiger charge is -2.21. The highest BCUT2D eigenvalue weighted by molar-refractivity contribution is 5.81. The van der Waals surface area contributed by atoms with E-state index in [0.717, 1.165) is 22.4 Å². The van der Waals surface area contributed by atoms with Crippen molar-refractivity contribution in [2.75, 3.05) is 6.54 Å². The highest BCUT2D eigenvalue weighted by atomic mass is 19.1. The Hall–Kier alpha value is -3.47. The summed E-state index contributed by atoms with van der Waals surface area (Å²) in [5.74, 6) is 0.817. The average molecular weight is 413 g/mol. The molecule has 0 aliphatic carbocycles. The highest BCUT2D eigenvalue weighted by Crippen LogP contribution is 2.34. The Morgan fingerprint density at radius 1 is 1.00 bits per heavy atom. The molecular weight excluding hydrogens is 389 g/mol. The first-order chi connectivity index (χ1) is 15.1. The summed E-state index contributed by atoms with van der Waals surface area (Å²) in [6, 6.07) is 25.0. The minimum atomic E-state index is -0.266. The smallest absolute Gasteiger partial charge is 0.223 e. The molecule has 1 aliphatic heterocycles. The van der Waals surface area contributed by atoms with E-state index in [1.165, 1.54) is 17.7 Å². The van der Waals surface area contributed by atoms with Crippen LogP contribution in [0.4, 0.5) is 4.39 Å². The van der Waals surface area contributed by atoms with E-state index in [1.54, 1.807) is 12.1 Å². The van der Waals surface area contributed by atoms with Gasteiger partial charge in [0.05, 0.1) is 17.1 Å². The standard InChI is InChI=1S/C26H24FN3O/c1-18(20-7-3-2-4-8-20)30-24-10-6-5-9-23(24)28-26(30)21-15-25(31)29(17-21)16-19-11-13-22(27)14-12-19/h2-14,18,21H,15-17H2,1H3. The summed E-state index contributed by atoms with van der Waals surface area (Å²) < 4.78 is 15.5. The van der Waals surface area contributed by atoms with Gasteiger partial charge in [-0.3, -0.25) is 4.79 Å². The molecule has 4 nitrogen and oxygen atoms in total. The summed E-state index contributed by atoms with van der Waals surface area (Å²) in [6.45, 7) is 3.28. The molecule has 0 bridgehead atoms. The van der Waals surface area contributed by atoms with E-state index in [4.69, 9.17) is 4.98 Å². The Bertz CT molecular complexity index is 1220. The van der Waals surface area contributed by atoms with E-state index >= 15 is 0 Å². The van der Waals surface area contributed by atoms with Crippen LogP contribution in [0.25, 0.3) is 11.0 Å². The molecule has 5 rings (SSSR count). The van der Waals surface area contributed by atoms with Crippen molar-refractivity contribution in [1.29, 1.82) is 0 Å². The molecule has 31 heavy (non-hydrogen) atoms. The monoisotopic (exact) mass is 413 g/mol. The molecular formula is C26H24FN3O. The molecule has 1 aliphatic rings. The number of carbonyl (C=O) groups excluding carboxylic acids is 1. The molecule has 0 saturated carbocycles. The van der Waals surface area contributed by atoms with Crippen LogP contribution >= 0.6 is 0 Å². The fourth-order valence-corrected chi connectivity index (χ4v) is 4.55. The van der Waals surface area contributed by atoms with Crippen LogP contribution in [0.1, 0.15) is 42.3 Å². The van der Waals surface area contributed by atoms with Crippen molar-refractivity contribution < 1.29 is 9.18 Å². The van der Waals surface area contributed by atoms with Crippen LogP contribution in [0.15, 0.2) is 78.9 Å². The van der Waals surface area contributed by atoms with Crippen molar-refractivity contribution >= 4 is 16.9 Å². The molecule has 1 saturated heterocycles. The Balaban J connectivity index is 1.49. The maximum absolute atomic E-state index is 13.2. The molecule has 3 aromatic carbocycles. The van der Waals surface area contributed by atoms with Crippen LogP contribution in [0.3, 0.4) is 0 Å². The van der Waals surface area contributed by atoms with Gasteiger partial charge in [0.25, 0.3) is 0 Å². The van der Waals surface area contributed by atoms with Crippen LogP contribution in [-0.2, 0) is 11.3 Å². The number of aromatic nitrogens is 2. The molecule has 0 radical (unpaired) electrons. The lowest BCUT2D eigenvalue weighted by molar-refractivity contribution is -0.128. The number of halogens is 1. The normalized spacial score (nSPS) is 17.4. The van der Waals surface area contributed by atoms with Gasteiger partial charge in [-0.25, -0.2) is 9.37 Å². The summed E-state index contributed by atoms with van der Waals surface area (Å²) >= 11 is 0. The molecule has 2 unspecified atom stereocenters. The molecule has 2 atom stereocenters. The van der Waals surface area contributed by atoms with Crippen molar-refractivity contribution in [3.05, 3.63) is 102 Å². The molecule has 0 N–H and O–H groups in total. The molecule has 1 aromatic heterocycles. The first-order valence-electron chi connectivity index (χ1n) is 10.6. The number of fused-ring (bicyclic) bond motifs is 1. The summed E-state index contributed by atoms with van der Waals surface area (Å²) in [4.78, 5) is 19.6. The largest absolute Gasteiger partial charge is 0.338 e. The second-order valence-corrected chi connectivity index (χ2v) is 8.22. The van der Waals surface area contributed by atoms with Crippen LogP contribution in [0.2, 0.25) is 0 Å². The Kier molecular flexibility index (Phi) is 5.02. The van der Waals surface area contributed by atoms with Crippen molar-refractivity contribution in [1.82, 2.24) is 14.5 Å². The predicted octanol–water partition coefficient (Wildman–Crippen LogP) is 5.30. The third-order valence-corrected chi connectivity index (χ3v) is 6.16. The minimum absolute atomic E-state index is 0.0199. The average Bonchev–Trinajstić information content (AvgIpc) is 3.36. The van der Waals surface area contributed by atoms with E-state index in [0.29, 0.717) is 19.5 Å². The number of imidazole rings is 1. The second kappa shape index (κ2) is 7.99. The lowest BCUT2D eigenvalue weighted by Crippen LogP contribution is -2.24. The van der Waals surface area contributed by atoms with E-state index in [-0.39, 0.29) is 23.7 Å². The molecule has 0 spiro atoms. The lowest BCUT2D eigenvalue weighted by atomic mass is 10.0. The van der Waals surface area contributed by atoms with Gasteiger partial charge in [-0.2, -0.15) is 0 Å². The number of nitrogens with zero attached hydrogens (tertiary/aromatic N) is 3. The van der Waals surface area contributed by atoms with E-state index in [2.05, 4.69) is 29.7 Å². The van der Waals surface area contributed by atoms with E-state index in [1.807, 2.05) is 41.3 Å². The number of para-hydroxylation sites is 2. The number of amides is 1. The number of benzene rings is 3. The number of hydrogen-bond donors (Lipinski definition) is 0. The van der Waals surface area contributed by atoms with Crippen molar-refractivity contribution in [2.45, 2.75) is 31.8 Å². The molecule has 156 valence electrons. The van der Waals surface area contributed by atoms with E-state index in [9.17, 15) is 9.18 Å². The van der Waals surface area contributed by atoms with Gasteiger partial charge in [-0.15, -0.1) is 0 Å². The highest BCUT2D eigenvalue weighted by Gasteiger charge is 2.34. The third-order valence-electron chi connectivity index (χ3n) is 6.16.